The van der Waals surface area contributed by atoms with Crippen molar-refractivity contribution in [2.24, 2.45) is 5.92 Å². The van der Waals surface area contributed by atoms with Gasteiger partial charge in [0.25, 0.3) is 0 Å². The van der Waals surface area contributed by atoms with Crippen molar-refractivity contribution < 1.29 is 14.7 Å². The molecule has 2 heterocycles. The van der Waals surface area contributed by atoms with E-state index >= 15 is 0 Å². The smallest absolute Gasteiger partial charge is 0.167 e. The molecule has 0 radical (unpaired) electrons. The van der Waals surface area contributed by atoms with Gasteiger partial charge >= 0.3 is 0 Å². The average molecular weight is 363 g/mol. The Bertz CT molecular complexity index is 970. The van der Waals surface area contributed by atoms with Gasteiger partial charge in [0.05, 0.1) is 12.6 Å². The average Bonchev–Trinajstić information content (AvgIpc) is 3.28. The Labute approximate surface area is 157 Å². The molecule has 0 amide bonds. The monoisotopic (exact) mass is 363 g/mol. The van der Waals surface area contributed by atoms with E-state index in [9.17, 15) is 10.2 Å². The van der Waals surface area contributed by atoms with Crippen molar-refractivity contribution in [3.8, 4) is 23.2 Å². The van der Waals surface area contributed by atoms with Crippen LogP contribution in [0.4, 0.5) is 0 Å². The van der Waals surface area contributed by atoms with Crippen LogP contribution < -0.4 is 0 Å². The first kappa shape index (κ1) is 17.5. The first-order valence-corrected chi connectivity index (χ1v) is 9.03. The lowest BCUT2D eigenvalue weighted by Gasteiger charge is -2.26. The molecule has 1 aromatic carbocycles. The number of aliphatic hydroxyl groups excluding tert-OH is 2. The van der Waals surface area contributed by atoms with Crippen LogP contribution in [0, 0.1) is 17.8 Å². The summed E-state index contributed by atoms with van der Waals surface area (Å²) in [6, 6.07) is 9.73. The van der Waals surface area contributed by atoms with E-state index in [0.717, 1.165) is 29.7 Å². The summed E-state index contributed by atoms with van der Waals surface area (Å²) in [7, 11) is 0. The summed E-state index contributed by atoms with van der Waals surface area (Å²) < 4.78 is 7.32. The SMILES string of the molecule is CC(O)c1nccn1Cc1cc(-c2ccc(C#C[C@H]3C[C@@H](O)C3)cc2)on1. The predicted octanol–water partition coefficient (Wildman–Crippen LogP) is 2.76. The van der Waals surface area contributed by atoms with E-state index in [0.29, 0.717) is 24.0 Å². The number of aromatic nitrogens is 3. The molecule has 6 heteroatoms. The fourth-order valence-electron chi connectivity index (χ4n) is 3.13. The number of hydrogen-bond acceptors (Lipinski definition) is 5. The third-order valence-electron chi connectivity index (χ3n) is 4.72. The molecule has 0 spiro atoms. The Hall–Kier alpha value is -2.88. The van der Waals surface area contributed by atoms with Gasteiger partial charge in [0.15, 0.2) is 5.76 Å². The third kappa shape index (κ3) is 3.95. The van der Waals surface area contributed by atoms with E-state index in [-0.39, 0.29) is 6.10 Å². The zero-order valence-corrected chi connectivity index (χ0v) is 15.0. The lowest BCUT2D eigenvalue weighted by Crippen LogP contribution is -2.26. The highest BCUT2D eigenvalue weighted by Gasteiger charge is 2.25. The van der Waals surface area contributed by atoms with Crippen LogP contribution in [0.15, 0.2) is 47.2 Å². The Morgan fingerprint density at radius 2 is 2.07 bits per heavy atom. The van der Waals surface area contributed by atoms with Gasteiger partial charge in [0.2, 0.25) is 0 Å². The van der Waals surface area contributed by atoms with Crippen molar-refractivity contribution in [2.45, 2.75) is 38.5 Å². The van der Waals surface area contributed by atoms with Crippen molar-refractivity contribution in [3.05, 3.63) is 59.8 Å². The highest BCUT2D eigenvalue weighted by Crippen LogP contribution is 2.26. The van der Waals surface area contributed by atoms with Crippen LogP contribution in [0.1, 0.15) is 43.0 Å². The Balaban J connectivity index is 1.44. The maximum atomic E-state index is 9.74. The highest BCUT2D eigenvalue weighted by molar-refractivity contribution is 5.59. The van der Waals surface area contributed by atoms with Crippen molar-refractivity contribution >= 4 is 0 Å². The largest absolute Gasteiger partial charge is 0.393 e. The fourth-order valence-corrected chi connectivity index (χ4v) is 3.13. The van der Waals surface area contributed by atoms with E-state index in [2.05, 4.69) is 22.0 Å². The summed E-state index contributed by atoms with van der Waals surface area (Å²) in [6.07, 6.45) is 4.21. The number of rotatable bonds is 4. The molecular formula is C21H21N3O3. The van der Waals surface area contributed by atoms with Gasteiger partial charge < -0.3 is 19.3 Å². The topological polar surface area (TPSA) is 84.3 Å². The molecule has 1 aliphatic carbocycles. The molecule has 0 bridgehead atoms. The first-order chi connectivity index (χ1) is 13.1. The zero-order valence-electron chi connectivity index (χ0n) is 15.0. The summed E-state index contributed by atoms with van der Waals surface area (Å²) in [6.45, 7) is 2.17. The first-order valence-electron chi connectivity index (χ1n) is 9.03. The van der Waals surface area contributed by atoms with Gasteiger partial charge in [-0.05, 0) is 44.0 Å². The molecule has 4 rings (SSSR count). The molecular weight excluding hydrogens is 342 g/mol. The van der Waals surface area contributed by atoms with Crippen LogP contribution in [0.3, 0.4) is 0 Å². The number of hydrogen-bond donors (Lipinski definition) is 2. The van der Waals surface area contributed by atoms with Crippen LogP contribution in [0.25, 0.3) is 11.3 Å². The second kappa shape index (κ2) is 7.39. The molecule has 1 saturated carbocycles. The molecule has 1 atom stereocenters. The normalized spacial score (nSPS) is 19.8. The van der Waals surface area contributed by atoms with Crippen LogP contribution in [-0.4, -0.2) is 31.0 Å². The van der Waals surface area contributed by atoms with Crippen LogP contribution in [0.2, 0.25) is 0 Å². The van der Waals surface area contributed by atoms with Gasteiger partial charge in [-0.15, -0.1) is 0 Å². The molecule has 1 fully saturated rings. The minimum atomic E-state index is -0.636. The maximum absolute atomic E-state index is 9.74. The van der Waals surface area contributed by atoms with Crippen molar-refractivity contribution in [2.75, 3.05) is 0 Å². The number of imidazole rings is 1. The Morgan fingerprint density at radius 1 is 1.30 bits per heavy atom. The van der Waals surface area contributed by atoms with E-state index in [4.69, 9.17) is 4.52 Å². The molecule has 2 N–H and O–H groups in total. The zero-order chi connectivity index (χ0) is 18.8. The van der Waals surface area contributed by atoms with Gasteiger partial charge in [-0.2, -0.15) is 0 Å². The molecule has 1 unspecified atom stereocenters. The summed E-state index contributed by atoms with van der Waals surface area (Å²) in [5, 5.41) is 23.2. The van der Waals surface area contributed by atoms with Gasteiger partial charge in [0, 0.05) is 35.5 Å². The number of benzene rings is 1. The van der Waals surface area contributed by atoms with E-state index in [1.807, 2.05) is 41.1 Å². The lowest BCUT2D eigenvalue weighted by molar-refractivity contribution is 0.0666. The standard InChI is InChI=1S/C21H21N3O3/c1-14(25)21-22-8-9-24(21)13-18-12-20(27-23-18)17-6-4-15(5-7-17)2-3-16-10-19(26)11-16/h4-9,12,14,16,19,25-26H,10-11,13H2,1H3/t14?,16-,19+. The van der Waals surface area contributed by atoms with Crippen LogP contribution in [0.5, 0.6) is 0 Å². The summed E-state index contributed by atoms with van der Waals surface area (Å²) >= 11 is 0. The molecule has 138 valence electrons. The molecule has 6 nitrogen and oxygen atoms in total. The lowest BCUT2D eigenvalue weighted by atomic mass is 9.83. The van der Waals surface area contributed by atoms with Crippen LogP contribution in [-0.2, 0) is 6.54 Å². The van der Waals surface area contributed by atoms with Crippen LogP contribution >= 0.6 is 0 Å². The quantitative estimate of drug-likeness (QED) is 0.697. The second-order valence-corrected chi connectivity index (χ2v) is 6.94. The summed E-state index contributed by atoms with van der Waals surface area (Å²) in [4.78, 5) is 4.16. The number of aliphatic hydroxyl groups is 2. The highest BCUT2D eigenvalue weighted by atomic mass is 16.5. The van der Waals surface area contributed by atoms with Gasteiger partial charge in [-0.1, -0.05) is 17.0 Å². The fraction of sp³-hybridized carbons (Fsp3) is 0.333. The molecule has 1 aliphatic rings. The maximum Gasteiger partial charge on any atom is 0.167 e. The molecule has 0 aliphatic heterocycles. The third-order valence-corrected chi connectivity index (χ3v) is 4.72. The predicted molar refractivity (Wildman–Crippen MR) is 99.5 cm³/mol. The van der Waals surface area contributed by atoms with Crippen molar-refractivity contribution in [1.29, 1.82) is 0 Å². The number of nitrogens with zero attached hydrogens (tertiary/aromatic N) is 3. The minimum Gasteiger partial charge on any atom is -0.393 e. The van der Waals surface area contributed by atoms with Crippen molar-refractivity contribution in [3.63, 3.8) is 0 Å². The van der Waals surface area contributed by atoms with Gasteiger partial charge in [0.1, 0.15) is 17.6 Å². The molecule has 2 aromatic heterocycles. The summed E-state index contributed by atoms with van der Waals surface area (Å²) in [5.74, 6) is 7.94. The molecule has 0 saturated heterocycles. The van der Waals surface area contributed by atoms with Gasteiger partial charge in [-0.3, -0.25) is 0 Å². The molecule has 27 heavy (non-hydrogen) atoms. The molecule has 3 aromatic rings. The van der Waals surface area contributed by atoms with Crippen molar-refractivity contribution in [1.82, 2.24) is 14.7 Å². The van der Waals surface area contributed by atoms with E-state index in [1.165, 1.54) is 0 Å². The van der Waals surface area contributed by atoms with E-state index < -0.39 is 6.10 Å². The Morgan fingerprint density at radius 3 is 2.78 bits per heavy atom. The van der Waals surface area contributed by atoms with Gasteiger partial charge in [-0.25, -0.2) is 4.98 Å². The Kier molecular flexibility index (Phi) is 4.80. The minimum absolute atomic E-state index is 0.175. The second-order valence-electron chi connectivity index (χ2n) is 6.94. The van der Waals surface area contributed by atoms with E-state index in [1.54, 1.807) is 13.1 Å². The summed E-state index contributed by atoms with van der Waals surface area (Å²) in [5.41, 5.74) is 2.64.